The molecule has 1 heterocycles. The van der Waals surface area contributed by atoms with Crippen molar-refractivity contribution in [3.05, 3.63) is 17.7 Å². The number of rotatable bonds is 5. The Balaban J connectivity index is 1.98. The van der Waals surface area contributed by atoms with Gasteiger partial charge in [-0.2, -0.15) is 0 Å². The van der Waals surface area contributed by atoms with Crippen LogP contribution in [0.4, 0.5) is 4.39 Å². The Labute approximate surface area is 126 Å². The van der Waals surface area contributed by atoms with E-state index in [1.54, 1.807) is 6.92 Å². The number of hydrogen-bond donors (Lipinski definition) is 3. The first kappa shape index (κ1) is 16.1. The van der Waals surface area contributed by atoms with Crippen LogP contribution in [0.1, 0.15) is 60.0 Å². The molecule has 0 aromatic carbocycles. The van der Waals surface area contributed by atoms with Gasteiger partial charge in [-0.3, -0.25) is 9.59 Å². The molecule has 8 heteroatoms. The molecule has 1 aliphatic rings. The lowest BCUT2D eigenvalue weighted by Crippen LogP contribution is -2.45. The fourth-order valence-electron chi connectivity index (χ4n) is 2.54. The number of alkyl halides is 1. The number of H-pyrrole nitrogens is 1. The van der Waals surface area contributed by atoms with Crippen LogP contribution >= 0.6 is 0 Å². The summed E-state index contributed by atoms with van der Waals surface area (Å²) in [6.07, 6.45) is 1.70. The largest absolute Gasteiger partial charge is 0.479 e. The Morgan fingerprint density at radius 2 is 2.09 bits per heavy atom. The van der Waals surface area contributed by atoms with Gasteiger partial charge in [0.1, 0.15) is 11.4 Å². The average Bonchev–Trinajstić information content (AvgIpc) is 2.98. The number of imidazole rings is 1. The standard InChI is InChI=1S/C14H18FN3O4/c1-2-9(19)10-11(17-7-16-10)12(20)18-8-3-5-14(15,6-4-8)13(21)22/h7-8H,2-6H2,1H3,(H,16,17)(H,18,20)(H,21,22). The number of aliphatic carboxylic acids is 1. The quantitative estimate of drug-likeness (QED) is 0.713. The minimum Gasteiger partial charge on any atom is -0.479 e. The molecular weight excluding hydrogens is 293 g/mol. The number of carboxylic acids is 1. The molecule has 22 heavy (non-hydrogen) atoms. The molecule has 3 N–H and O–H groups in total. The molecular formula is C14H18FN3O4. The van der Waals surface area contributed by atoms with E-state index in [1.807, 2.05) is 0 Å². The summed E-state index contributed by atoms with van der Waals surface area (Å²) < 4.78 is 13.9. The third-order valence-electron chi connectivity index (χ3n) is 3.95. The summed E-state index contributed by atoms with van der Waals surface area (Å²) in [5.41, 5.74) is -2.04. The predicted octanol–water partition coefficient (Wildman–Crippen LogP) is 1.47. The van der Waals surface area contributed by atoms with Gasteiger partial charge in [-0.25, -0.2) is 14.2 Å². The molecule has 1 fully saturated rings. The number of carbonyl (C=O) groups is 3. The molecule has 1 aromatic heterocycles. The first-order valence-corrected chi connectivity index (χ1v) is 7.17. The van der Waals surface area contributed by atoms with Gasteiger partial charge in [0.2, 0.25) is 5.67 Å². The lowest BCUT2D eigenvalue weighted by Gasteiger charge is -2.31. The molecule has 1 aromatic rings. The van der Waals surface area contributed by atoms with Gasteiger partial charge < -0.3 is 15.4 Å². The summed E-state index contributed by atoms with van der Waals surface area (Å²) in [5.74, 6) is -2.19. The number of halogens is 1. The van der Waals surface area contributed by atoms with E-state index < -0.39 is 17.5 Å². The number of Topliss-reactive ketones (excluding diaryl/α,β-unsaturated/α-hetero) is 1. The van der Waals surface area contributed by atoms with Gasteiger partial charge in [0.25, 0.3) is 5.91 Å². The van der Waals surface area contributed by atoms with E-state index in [2.05, 4.69) is 15.3 Å². The van der Waals surface area contributed by atoms with Crippen molar-refractivity contribution >= 4 is 17.7 Å². The summed E-state index contributed by atoms with van der Waals surface area (Å²) in [4.78, 5) is 41.1. The molecule has 2 rings (SSSR count). The van der Waals surface area contributed by atoms with Crippen LogP contribution in [0.5, 0.6) is 0 Å². The number of hydrogen-bond acceptors (Lipinski definition) is 4. The number of carboxylic acid groups (broad SMARTS) is 1. The van der Waals surface area contributed by atoms with Crippen molar-refractivity contribution in [2.75, 3.05) is 0 Å². The van der Waals surface area contributed by atoms with Crippen molar-refractivity contribution in [1.29, 1.82) is 0 Å². The molecule has 0 radical (unpaired) electrons. The van der Waals surface area contributed by atoms with E-state index in [0.717, 1.165) is 0 Å². The zero-order valence-corrected chi connectivity index (χ0v) is 12.2. The predicted molar refractivity (Wildman–Crippen MR) is 74.4 cm³/mol. The Morgan fingerprint density at radius 3 is 2.64 bits per heavy atom. The van der Waals surface area contributed by atoms with Gasteiger partial charge in [-0.05, 0) is 25.7 Å². The zero-order chi connectivity index (χ0) is 16.3. The number of amides is 1. The minimum atomic E-state index is -2.21. The number of ketones is 1. The maximum Gasteiger partial charge on any atom is 0.341 e. The van der Waals surface area contributed by atoms with Crippen LogP contribution in [0.15, 0.2) is 6.33 Å². The van der Waals surface area contributed by atoms with Crippen molar-refractivity contribution < 1.29 is 23.9 Å². The lowest BCUT2D eigenvalue weighted by molar-refractivity contribution is -0.153. The van der Waals surface area contributed by atoms with Crippen LogP contribution in [0.25, 0.3) is 0 Å². The van der Waals surface area contributed by atoms with E-state index in [4.69, 9.17) is 5.11 Å². The highest BCUT2D eigenvalue weighted by Crippen LogP contribution is 2.32. The SMILES string of the molecule is CCC(=O)c1nc[nH]c1C(=O)NC1CCC(F)(C(=O)O)CC1. The smallest absolute Gasteiger partial charge is 0.341 e. The van der Waals surface area contributed by atoms with Crippen molar-refractivity contribution in [3.8, 4) is 0 Å². The molecule has 0 saturated heterocycles. The molecule has 0 spiro atoms. The summed E-state index contributed by atoms with van der Waals surface area (Å²) in [5, 5.41) is 11.5. The van der Waals surface area contributed by atoms with E-state index in [1.165, 1.54) is 6.33 Å². The monoisotopic (exact) mass is 311 g/mol. The average molecular weight is 311 g/mol. The van der Waals surface area contributed by atoms with Crippen LogP contribution in [0.3, 0.4) is 0 Å². The summed E-state index contributed by atoms with van der Waals surface area (Å²) in [6.45, 7) is 1.67. The topological polar surface area (TPSA) is 112 Å². The van der Waals surface area contributed by atoms with Crippen LogP contribution in [-0.4, -0.2) is 44.4 Å². The summed E-state index contributed by atoms with van der Waals surface area (Å²) >= 11 is 0. The van der Waals surface area contributed by atoms with Gasteiger partial charge >= 0.3 is 5.97 Å². The Kier molecular flexibility index (Phi) is 4.58. The van der Waals surface area contributed by atoms with Crippen LogP contribution < -0.4 is 5.32 Å². The van der Waals surface area contributed by atoms with E-state index in [-0.39, 0.29) is 55.3 Å². The molecule has 0 atom stereocenters. The second kappa shape index (κ2) is 6.25. The van der Waals surface area contributed by atoms with E-state index in [0.29, 0.717) is 0 Å². The molecule has 7 nitrogen and oxygen atoms in total. The molecule has 0 unspecified atom stereocenters. The van der Waals surface area contributed by atoms with Crippen molar-refractivity contribution in [3.63, 3.8) is 0 Å². The first-order chi connectivity index (χ1) is 10.4. The summed E-state index contributed by atoms with van der Waals surface area (Å²) in [6, 6.07) is -0.316. The molecule has 0 aliphatic heterocycles. The van der Waals surface area contributed by atoms with Crippen LogP contribution in [0, 0.1) is 0 Å². The summed E-state index contributed by atoms with van der Waals surface area (Å²) in [7, 11) is 0. The van der Waals surface area contributed by atoms with Gasteiger partial charge in [-0.15, -0.1) is 0 Å². The molecule has 1 amide bonds. The Bertz CT molecular complexity index is 591. The molecule has 1 saturated carbocycles. The third kappa shape index (κ3) is 3.15. The van der Waals surface area contributed by atoms with Gasteiger partial charge in [0.05, 0.1) is 6.33 Å². The highest BCUT2D eigenvalue weighted by molar-refractivity contribution is 6.05. The van der Waals surface area contributed by atoms with E-state index in [9.17, 15) is 18.8 Å². The fourth-order valence-corrected chi connectivity index (χ4v) is 2.54. The number of aromatic amines is 1. The number of nitrogens with zero attached hydrogens (tertiary/aromatic N) is 1. The second-order valence-electron chi connectivity index (χ2n) is 5.42. The molecule has 1 aliphatic carbocycles. The maximum absolute atomic E-state index is 13.9. The van der Waals surface area contributed by atoms with Crippen molar-refractivity contribution in [1.82, 2.24) is 15.3 Å². The van der Waals surface area contributed by atoms with Gasteiger partial charge in [0, 0.05) is 12.5 Å². The first-order valence-electron chi connectivity index (χ1n) is 7.17. The highest BCUT2D eigenvalue weighted by Gasteiger charge is 2.42. The van der Waals surface area contributed by atoms with Gasteiger partial charge in [-0.1, -0.05) is 6.92 Å². The molecule has 0 bridgehead atoms. The van der Waals surface area contributed by atoms with Gasteiger partial charge in [0.15, 0.2) is 5.78 Å². The Morgan fingerprint density at radius 1 is 1.45 bits per heavy atom. The number of carbonyl (C=O) groups excluding carboxylic acids is 2. The Hall–Kier alpha value is -2.25. The van der Waals surface area contributed by atoms with Crippen LogP contribution in [-0.2, 0) is 4.79 Å². The second-order valence-corrected chi connectivity index (χ2v) is 5.42. The maximum atomic E-state index is 13.9. The normalized spacial score (nSPS) is 24.7. The molecule has 120 valence electrons. The fraction of sp³-hybridized carbons (Fsp3) is 0.571. The van der Waals surface area contributed by atoms with E-state index >= 15 is 0 Å². The van der Waals surface area contributed by atoms with Crippen molar-refractivity contribution in [2.45, 2.75) is 50.7 Å². The van der Waals surface area contributed by atoms with Crippen molar-refractivity contribution in [2.24, 2.45) is 0 Å². The highest BCUT2D eigenvalue weighted by atomic mass is 19.1. The number of aromatic nitrogens is 2. The zero-order valence-electron chi connectivity index (χ0n) is 12.2. The number of nitrogens with one attached hydrogen (secondary N) is 2. The third-order valence-corrected chi connectivity index (χ3v) is 3.95. The lowest BCUT2D eigenvalue weighted by atomic mass is 9.83. The minimum absolute atomic E-state index is 0.0844. The van der Waals surface area contributed by atoms with Crippen LogP contribution in [0.2, 0.25) is 0 Å².